The average Bonchev–Trinajstić information content (AvgIpc) is 2.96. The molecule has 10 heteroatoms. The Morgan fingerprint density at radius 1 is 1.38 bits per heavy atom. The first kappa shape index (κ1) is 13.9. The number of H-pyrrole nitrogens is 1. The molecule has 1 fully saturated rings. The number of anilines is 1. The number of nitrogens with zero attached hydrogens (tertiary/aromatic N) is 3. The normalized spacial score (nSPS) is 29.3. The van der Waals surface area contributed by atoms with Crippen LogP contribution in [0.3, 0.4) is 0 Å². The van der Waals surface area contributed by atoms with Gasteiger partial charge in [-0.1, -0.05) is 0 Å². The van der Waals surface area contributed by atoms with Gasteiger partial charge in [-0.25, -0.2) is 4.98 Å². The third-order valence-corrected chi connectivity index (χ3v) is 3.51. The highest BCUT2D eigenvalue weighted by molar-refractivity contribution is 5.70. The lowest BCUT2D eigenvalue weighted by Crippen LogP contribution is -2.35. The molecule has 114 valence electrons. The summed E-state index contributed by atoms with van der Waals surface area (Å²) in [4.78, 5) is 21.9. The molecule has 1 unspecified atom stereocenters. The zero-order chi connectivity index (χ0) is 15.1. The molecular weight excluding hydrogens is 282 g/mol. The molecule has 1 aliphatic rings. The molecule has 10 nitrogen and oxygen atoms in total. The summed E-state index contributed by atoms with van der Waals surface area (Å²) >= 11 is 0. The minimum atomic E-state index is -1.17. The van der Waals surface area contributed by atoms with Crippen LogP contribution in [0, 0.1) is 0 Å². The molecular formula is C11H15N5O5. The lowest BCUT2D eigenvalue weighted by atomic mass is 10.1. The molecule has 3 heterocycles. The van der Waals surface area contributed by atoms with Crippen molar-refractivity contribution >= 4 is 17.1 Å². The van der Waals surface area contributed by atoms with Crippen LogP contribution in [0.15, 0.2) is 11.1 Å². The smallest absolute Gasteiger partial charge is 0.280 e. The fraction of sp³-hybridized carbons (Fsp3) is 0.545. The number of ether oxygens (including phenoxy) is 1. The number of aromatic nitrogens is 4. The lowest BCUT2D eigenvalue weighted by molar-refractivity contribution is -0.0262. The van der Waals surface area contributed by atoms with Crippen molar-refractivity contribution in [2.24, 2.45) is 0 Å². The van der Waals surface area contributed by atoms with Gasteiger partial charge in [-0.15, -0.1) is 0 Å². The number of fused-ring (bicyclic) bond motifs is 1. The van der Waals surface area contributed by atoms with Crippen molar-refractivity contribution in [3.63, 3.8) is 0 Å². The SMILES string of the molecule is Nc1nc2c(ncn2C[C@@H]2O[C@H](CO)C(O)[C@@H]2O)c(=O)[nH]1. The number of aliphatic hydroxyl groups is 3. The molecule has 0 saturated carbocycles. The molecule has 0 bridgehead atoms. The van der Waals surface area contributed by atoms with Gasteiger partial charge < -0.3 is 30.4 Å². The summed E-state index contributed by atoms with van der Waals surface area (Å²) in [5.74, 6) is -0.0459. The van der Waals surface area contributed by atoms with Gasteiger partial charge >= 0.3 is 0 Å². The highest BCUT2D eigenvalue weighted by atomic mass is 16.6. The van der Waals surface area contributed by atoms with Gasteiger partial charge in [0.2, 0.25) is 5.95 Å². The molecule has 2 aromatic rings. The summed E-state index contributed by atoms with van der Waals surface area (Å²) in [5.41, 5.74) is 5.41. The van der Waals surface area contributed by atoms with E-state index in [2.05, 4.69) is 15.0 Å². The van der Waals surface area contributed by atoms with Crippen LogP contribution >= 0.6 is 0 Å². The molecule has 1 saturated heterocycles. The number of imidazole rings is 1. The summed E-state index contributed by atoms with van der Waals surface area (Å²) < 4.78 is 6.88. The van der Waals surface area contributed by atoms with Gasteiger partial charge in [-0.3, -0.25) is 9.78 Å². The number of hydrogen-bond acceptors (Lipinski definition) is 8. The van der Waals surface area contributed by atoms with Gasteiger partial charge in [-0.05, 0) is 0 Å². The first-order valence-corrected chi connectivity index (χ1v) is 6.34. The van der Waals surface area contributed by atoms with Crippen LogP contribution in [-0.4, -0.2) is 65.9 Å². The number of aromatic amines is 1. The first-order chi connectivity index (χ1) is 10.0. The molecule has 0 aliphatic carbocycles. The largest absolute Gasteiger partial charge is 0.394 e. The van der Waals surface area contributed by atoms with E-state index < -0.39 is 36.6 Å². The van der Waals surface area contributed by atoms with Crippen LogP contribution < -0.4 is 11.3 Å². The third-order valence-electron chi connectivity index (χ3n) is 3.51. The quantitative estimate of drug-likeness (QED) is 0.405. The van der Waals surface area contributed by atoms with Crippen molar-refractivity contribution in [2.45, 2.75) is 31.0 Å². The molecule has 0 aromatic carbocycles. The number of hydrogen-bond donors (Lipinski definition) is 5. The fourth-order valence-electron chi connectivity index (χ4n) is 2.43. The van der Waals surface area contributed by atoms with Gasteiger partial charge in [0, 0.05) is 0 Å². The van der Waals surface area contributed by atoms with E-state index >= 15 is 0 Å². The maximum absolute atomic E-state index is 11.7. The van der Waals surface area contributed by atoms with Crippen LogP contribution in [0.25, 0.3) is 11.2 Å². The summed E-state index contributed by atoms with van der Waals surface area (Å²) in [6, 6.07) is 0. The maximum Gasteiger partial charge on any atom is 0.280 e. The van der Waals surface area contributed by atoms with Crippen molar-refractivity contribution in [1.82, 2.24) is 19.5 Å². The Bertz CT molecular complexity index is 713. The predicted octanol–water partition coefficient (Wildman–Crippen LogP) is -2.82. The van der Waals surface area contributed by atoms with Crippen LogP contribution in [0.4, 0.5) is 5.95 Å². The van der Waals surface area contributed by atoms with Gasteiger partial charge in [0.1, 0.15) is 24.4 Å². The van der Waals surface area contributed by atoms with E-state index in [1.165, 1.54) is 10.9 Å². The third kappa shape index (κ3) is 2.27. The molecule has 4 atom stereocenters. The van der Waals surface area contributed by atoms with E-state index in [0.717, 1.165) is 0 Å². The van der Waals surface area contributed by atoms with Crippen molar-refractivity contribution in [2.75, 3.05) is 12.3 Å². The highest BCUT2D eigenvalue weighted by Gasteiger charge is 2.42. The summed E-state index contributed by atoms with van der Waals surface area (Å²) in [6.07, 6.45) is -2.55. The van der Waals surface area contributed by atoms with Gasteiger partial charge in [0.25, 0.3) is 5.56 Å². The maximum atomic E-state index is 11.7. The number of nitrogens with two attached hydrogens (primary N) is 1. The van der Waals surface area contributed by atoms with Crippen LogP contribution in [0.1, 0.15) is 0 Å². The summed E-state index contributed by atoms with van der Waals surface area (Å²) in [6.45, 7) is -0.286. The van der Waals surface area contributed by atoms with E-state index in [9.17, 15) is 15.0 Å². The number of nitrogens with one attached hydrogen (secondary N) is 1. The second-order valence-electron chi connectivity index (χ2n) is 4.90. The standard InChI is InChI=1S/C11H15N5O5/c12-11-14-9-6(10(20)15-11)13-3-16(9)1-4-7(18)8(19)5(2-17)21-4/h3-5,7-8,17-19H,1-2H2,(H3,12,14,15,20)/t4-,5+,7+,8?/m0/s1. The van der Waals surface area contributed by atoms with E-state index in [1.54, 1.807) is 0 Å². The molecule has 21 heavy (non-hydrogen) atoms. The average molecular weight is 297 g/mol. The highest BCUT2D eigenvalue weighted by Crippen LogP contribution is 2.23. The van der Waals surface area contributed by atoms with Crippen LogP contribution in [-0.2, 0) is 11.3 Å². The fourth-order valence-corrected chi connectivity index (χ4v) is 2.43. The Morgan fingerprint density at radius 2 is 2.10 bits per heavy atom. The number of nitrogen functional groups attached to an aromatic ring is 1. The van der Waals surface area contributed by atoms with Gasteiger partial charge in [0.15, 0.2) is 11.2 Å². The van der Waals surface area contributed by atoms with Gasteiger partial charge in [-0.2, -0.15) is 4.98 Å². The van der Waals surface area contributed by atoms with E-state index in [0.29, 0.717) is 0 Å². The molecule has 0 spiro atoms. The summed E-state index contributed by atoms with van der Waals surface area (Å²) in [7, 11) is 0. The monoisotopic (exact) mass is 297 g/mol. The number of aliphatic hydroxyl groups excluding tert-OH is 3. The summed E-state index contributed by atoms with van der Waals surface area (Å²) in [5, 5.41) is 28.7. The van der Waals surface area contributed by atoms with Crippen molar-refractivity contribution in [1.29, 1.82) is 0 Å². The van der Waals surface area contributed by atoms with Crippen molar-refractivity contribution in [3.05, 3.63) is 16.7 Å². The van der Waals surface area contributed by atoms with Crippen molar-refractivity contribution in [3.8, 4) is 0 Å². The zero-order valence-electron chi connectivity index (χ0n) is 10.9. The van der Waals surface area contributed by atoms with Gasteiger partial charge in [0.05, 0.1) is 19.5 Å². The second-order valence-corrected chi connectivity index (χ2v) is 4.90. The van der Waals surface area contributed by atoms with E-state index in [-0.39, 0.29) is 23.7 Å². The predicted molar refractivity (Wildman–Crippen MR) is 70.3 cm³/mol. The molecule has 1 aliphatic heterocycles. The molecule has 0 amide bonds. The Hall–Kier alpha value is -2.01. The van der Waals surface area contributed by atoms with E-state index in [1.807, 2.05) is 0 Å². The van der Waals surface area contributed by atoms with Crippen LogP contribution in [0.2, 0.25) is 0 Å². The Balaban J connectivity index is 1.91. The van der Waals surface area contributed by atoms with E-state index in [4.69, 9.17) is 15.6 Å². The number of rotatable bonds is 3. The van der Waals surface area contributed by atoms with Crippen LogP contribution in [0.5, 0.6) is 0 Å². The van der Waals surface area contributed by atoms with Crippen molar-refractivity contribution < 1.29 is 20.1 Å². The minimum Gasteiger partial charge on any atom is -0.394 e. The molecule has 6 N–H and O–H groups in total. The first-order valence-electron chi connectivity index (χ1n) is 6.34. The Kier molecular flexibility index (Phi) is 3.37. The second kappa shape index (κ2) is 5.07. The molecule has 2 aromatic heterocycles. The molecule has 3 rings (SSSR count). The zero-order valence-corrected chi connectivity index (χ0v) is 10.9. The minimum absolute atomic E-state index is 0.0459. The lowest BCUT2D eigenvalue weighted by Gasteiger charge is -2.15. The molecule has 0 radical (unpaired) electrons. The Morgan fingerprint density at radius 3 is 2.76 bits per heavy atom. The topological polar surface area (TPSA) is 160 Å². The Labute approximate surface area is 117 Å².